The number of carboxylic acid groups (broad SMARTS) is 1. The van der Waals surface area contributed by atoms with E-state index in [0.717, 1.165) is 0 Å². The number of carbonyl (C=O) groups excluding carboxylic acids is 1. The second-order valence-electron chi connectivity index (χ2n) is 2.91. The van der Waals surface area contributed by atoms with E-state index < -0.39 is 11.9 Å². The number of hydrogen-bond donors (Lipinski definition) is 2. The molecule has 13 heavy (non-hydrogen) atoms. The lowest BCUT2D eigenvalue weighted by Crippen LogP contribution is -2.14. The van der Waals surface area contributed by atoms with Crippen LogP contribution in [0.5, 0.6) is 0 Å². The second-order valence-corrected chi connectivity index (χ2v) is 2.91. The molecule has 0 radical (unpaired) electrons. The smallest absolute Gasteiger partial charge is 0.331 e. The number of aliphatic carboxylic acids is 1. The highest BCUT2D eigenvalue weighted by Gasteiger charge is 2.13. The van der Waals surface area contributed by atoms with Gasteiger partial charge in [0.15, 0.2) is 0 Å². The summed E-state index contributed by atoms with van der Waals surface area (Å²) < 4.78 is 0. The summed E-state index contributed by atoms with van der Waals surface area (Å²) in [6, 6.07) is 0. The van der Waals surface area contributed by atoms with Gasteiger partial charge < -0.3 is 9.94 Å². The van der Waals surface area contributed by atoms with Crippen molar-refractivity contribution >= 4 is 11.9 Å². The highest BCUT2D eigenvalue weighted by atomic mass is 16.7. The molecular weight excluding hydrogens is 174 g/mol. The quantitative estimate of drug-likeness (QED) is 0.493. The Morgan fingerprint density at radius 3 is 2.38 bits per heavy atom. The minimum absolute atomic E-state index is 0.00505. The van der Waals surface area contributed by atoms with Crippen LogP contribution in [0, 0.1) is 5.92 Å². The Balaban J connectivity index is 4.45. The molecule has 0 heterocycles. The van der Waals surface area contributed by atoms with Crippen molar-refractivity contribution in [1.82, 2.24) is 0 Å². The van der Waals surface area contributed by atoms with Crippen molar-refractivity contribution in [3.63, 3.8) is 0 Å². The van der Waals surface area contributed by atoms with Gasteiger partial charge in [-0.25, -0.2) is 4.79 Å². The predicted molar refractivity (Wildman–Crippen MR) is 45.5 cm³/mol. The van der Waals surface area contributed by atoms with Crippen LogP contribution in [-0.4, -0.2) is 17.0 Å². The summed E-state index contributed by atoms with van der Waals surface area (Å²) in [7, 11) is 0. The zero-order valence-corrected chi connectivity index (χ0v) is 7.61. The van der Waals surface area contributed by atoms with Crippen LogP contribution in [0.25, 0.3) is 0 Å². The number of rotatable bonds is 4. The van der Waals surface area contributed by atoms with Gasteiger partial charge in [-0.05, 0) is 5.92 Å². The molecule has 0 fully saturated rings. The van der Waals surface area contributed by atoms with E-state index in [1.54, 1.807) is 0 Å². The fourth-order valence-corrected chi connectivity index (χ4v) is 0.805. The third-order valence-electron chi connectivity index (χ3n) is 1.28. The lowest BCUT2D eigenvalue weighted by Gasteiger charge is -2.02. The van der Waals surface area contributed by atoms with E-state index >= 15 is 0 Å². The molecule has 0 amide bonds. The highest BCUT2D eigenvalue weighted by Crippen LogP contribution is 2.07. The normalized spacial score (nSPS) is 11.5. The largest absolute Gasteiger partial charge is 0.478 e. The maximum Gasteiger partial charge on any atom is 0.331 e. The van der Waals surface area contributed by atoms with Crippen molar-refractivity contribution in [3.8, 4) is 0 Å². The molecule has 0 atom stereocenters. The Kier molecular flexibility index (Phi) is 4.76. The highest BCUT2D eigenvalue weighted by molar-refractivity contribution is 5.92. The Hall–Kier alpha value is -1.36. The summed E-state index contributed by atoms with van der Waals surface area (Å²) in [4.78, 5) is 25.1. The van der Waals surface area contributed by atoms with Crippen molar-refractivity contribution in [2.75, 3.05) is 0 Å². The van der Waals surface area contributed by atoms with Gasteiger partial charge in [0.2, 0.25) is 0 Å². The van der Waals surface area contributed by atoms with Crippen LogP contribution in [0.1, 0.15) is 20.3 Å². The second kappa shape index (κ2) is 5.31. The zero-order valence-electron chi connectivity index (χ0n) is 7.61. The van der Waals surface area contributed by atoms with Crippen LogP contribution < -0.4 is 5.90 Å². The first-order valence-corrected chi connectivity index (χ1v) is 3.81. The summed E-state index contributed by atoms with van der Waals surface area (Å²) >= 11 is 0. The van der Waals surface area contributed by atoms with E-state index in [-0.39, 0.29) is 17.9 Å². The molecule has 0 aliphatic heterocycles. The fourth-order valence-electron chi connectivity index (χ4n) is 0.805. The van der Waals surface area contributed by atoms with Crippen LogP contribution in [0.4, 0.5) is 0 Å². The van der Waals surface area contributed by atoms with Gasteiger partial charge in [0, 0.05) is 5.57 Å². The van der Waals surface area contributed by atoms with E-state index in [0.29, 0.717) is 0 Å². The molecule has 0 bridgehead atoms. The molecule has 0 aromatic carbocycles. The first-order chi connectivity index (χ1) is 5.97. The van der Waals surface area contributed by atoms with Gasteiger partial charge >= 0.3 is 11.9 Å². The third-order valence-corrected chi connectivity index (χ3v) is 1.28. The van der Waals surface area contributed by atoms with E-state index in [9.17, 15) is 9.59 Å². The summed E-state index contributed by atoms with van der Waals surface area (Å²) in [5.74, 6) is 2.77. The molecule has 0 aliphatic rings. The number of allylic oxidation sites excluding steroid dienone is 1. The molecule has 74 valence electrons. The summed E-state index contributed by atoms with van der Waals surface area (Å²) in [6.07, 6.45) is 1.18. The predicted octanol–water partition coefficient (Wildman–Crippen LogP) is 0.460. The summed E-state index contributed by atoms with van der Waals surface area (Å²) in [6.45, 7) is 3.63. The monoisotopic (exact) mass is 187 g/mol. The van der Waals surface area contributed by atoms with Crippen LogP contribution in [0.2, 0.25) is 0 Å². The summed E-state index contributed by atoms with van der Waals surface area (Å²) in [5, 5.41) is 8.65. The number of hydrogen-bond acceptors (Lipinski definition) is 4. The minimum atomic E-state index is -1.13. The fraction of sp³-hybridized carbons (Fsp3) is 0.500. The van der Waals surface area contributed by atoms with Gasteiger partial charge in [0.1, 0.15) is 0 Å². The molecule has 0 aliphatic carbocycles. The average Bonchev–Trinajstić information content (AvgIpc) is 2.02. The van der Waals surface area contributed by atoms with E-state index in [4.69, 9.17) is 5.11 Å². The van der Waals surface area contributed by atoms with E-state index in [1.807, 2.05) is 13.8 Å². The maximum atomic E-state index is 10.7. The topological polar surface area (TPSA) is 89.6 Å². The number of carboxylic acids is 1. The van der Waals surface area contributed by atoms with Gasteiger partial charge in [-0.15, -0.1) is 0 Å². The van der Waals surface area contributed by atoms with Gasteiger partial charge in [0.05, 0.1) is 6.42 Å². The van der Waals surface area contributed by atoms with E-state index in [2.05, 4.69) is 10.7 Å². The molecule has 0 aromatic heterocycles. The van der Waals surface area contributed by atoms with Gasteiger partial charge in [0.25, 0.3) is 0 Å². The third kappa shape index (κ3) is 4.97. The van der Waals surface area contributed by atoms with Crippen molar-refractivity contribution in [2.24, 2.45) is 11.8 Å². The van der Waals surface area contributed by atoms with Crippen molar-refractivity contribution in [1.29, 1.82) is 0 Å². The first-order valence-electron chi connectivity index (χ1n) is 3.81. The lowest BCUT2D eigenvalue weighted by molar-refractivity contribution is -0.145. The zero-order chi connectivity index (χ0) is 10.4. The van der Waals surface area contributed by atoms with Crippen LogP contribution >= 0.6 is 0 Å². The van der Waals surface area contributed by atoms with E-state index in [1.165, 1.54) is 6.08 Å². The Bertz CT molecular complexity index is 232. The Morgan fingerprint density at radius 2 is 2.08 bits per heavy atom. The molecule has 5 heteroatoms. The van der Waals surface area contributed by atoms with Crippen LogP contribution in [0.3, 0.4) is 0 Å². The molecular formula is C8H13NO4. The molecule has 0 spiro atoms. The van der Waals surface area contributed by atoms with Crippen LogP contribution in [0.15, 0.2) is 11.6 Å². The Labute approximate surface area is 76.1 Å². The molecule has 0 aromatic rings. The van der Waals surface area contributed by atoms with Crippen molar-refractivity contribution < 1.29 is 19.5 Å². The SMILES string of the molecule is CC(C)C=C(CC(=O)ON)C(=O)O. The standard InChI is InChI=1S/C8H13NO4/c1-5(2)3-6(8(11)12)4-7(10)13-9/h3,5H,4,9H2,1-2H3,(H,11,12). The molecule has 0 saturated carbocycles. The maximum absolute atomic E-state index is 10.7. The molecule has 3 N–H and O–H groups in total. The molecule has 5 nitrogen and oxygen atoms in total. The van der Waals surface area contributed by atoms with Crippen molar-refractivity contribution in [2.45, 2.75) is 20.3 Å². The van der Waals surface area contributed by atoms with Crippen LogP contribution in [-0.2, 0) is 14.4 Å². The number of nitrogens with two attached hydrogens (primary N) is 1. The lowest BCUT2D eigenvalue weighted by atomic mass is 10.1. The van der Waals surface area contributed by atoms with Crippen molar-refractivity contribution in [3.05, 3.63) is 11.6 Å². The minimum Gasteiger partial charge on any atom is -0.478 e. The van der Waals surface area contributed by atoms with Gasteiger partial charge in [-0.1, -0.05) is 19.9 Å². The van der Waals surface area contributed by atoms with Gasteiger partial charge in [-0.3, -0.25) is 4.79 Å². The first kappa shape index (κ1) is 11.6. The summed E-state index contributed by atoms with van der Waals surface area (Å²) in [5.41, 5.74) is 0.00505. The molecule has 0 saturated heterocycles. The van der Waals surface area contributed by atoms with Gasteiger partial charge in [-0.2, -0.15) is 5.90 Å². The molecule has 0 unspecified atom stereocenters. The average molecular weight is 187 g/mol. The Morgan fingerprint density at radius 1 is 1.54 bits per heavy atom. The number of carbonyl (C=O) groups is 2. The molecule has 0 rings (SSSR count).